The van der Waals surface area contributed by atoms with Gasteiger partial charge in [0, 0.05) is 38.6 Å². The minimum absolute atomic E-state index is 0.156. The molecule has 0 aliphatic carbocycles. The summed E-state index contributed by atoms with van der Waals surface area (Å²) in [5, 5.41) is 0. The van der Waals surface area contributed by atoms with Crippen LogP contribution in [0.4, 0.5) is 0 Å². The number of hydrogen-bond acceptors (Lipinski definition) is 5. The van der Waals surface area contributed by atoms with E-state index in [1.807, 2.05) is 32.0 Å². The van der Waals surface area contributed by atoms with Crippen LogP contribution in [0.3, 0.4) is 0 Å². The van der Waals surface area contributed by atoms with Crippen molar-refractivity contribution in [3.63, 3.8) is 0 Å². The van der Waals surface area contributed by atoms with Gasteiger partial charge in [-0.3, -0.25) is 9.78 Å². The summed E-state index contributed by atoms with van der Waals surface area (Å²) >= 11 is 0. The summed E-state index contributed by atoms with van der Waals surface area (Å²) in [6.07, 6.45) is 2.88. The third-order valence-corrected chi connectivity index (χ3v) is 6.90. The van der Waals surface area contributed by atoms with Gasteiger partial charge in [0.25, 0.3) is 5.91 Å². The monoisotopic (exact) mass is 417 g/mol. The number of piperazine rings is 1. The number of sulfonamides is 1. The van der Waals surface area contributed by atoms with Gasteiger partial charge in [0.1, 0.15) is 10.6 Å². The Bertz CT molecular complexity index is 982. The lowest BCUT2D eigenvalue weighted by molar-refractivity contribution is -0.146. The second kappa shape index (κ2) is 8.12. The van der Waals surface area contributed by atoms with Crippen molar-refractivity contribution >= 4 is 15.9 Å². The average Bonchev–Trinajstić information content (AvgIpc) is 2.70. The Labute approximate surface area is 172 Å². The highest BCUT2D eigenvalue weighted by Crippen LogP contribution is 2.26. The molecule has 0 unspecified atom stereocenters. The first-order valence-electron chi connectivity index (χ1n) is 9.57. The van der Waals surface area contributed by atoms with Crippen LogP contribution in [0.15, 0.2) is 47.6 Å². The number of pyridine rings is 1. The Balaban J connectivity index is 1.67. The van der Waals surface area contributed by atoms with Crippen molar-refractivity contribution in [3.05, 3.63) is 53.9 Å². The molecule has 1 aliphatic rings. The van der Waals surface area contributed by atoms with E-state index >= 15 is 0 Å². The topological polar surface area (TPSA) is 79.8 Å². The molecule has 1 aromatic heterocycles. The number of amides is 1. The first-order chi connectivity index (χ1) is 13.6. The Morgan fingerprint density at radius 1 is 1.10 bits per heavy atom. The smallest absolute Gasteiger partial charge is 0.266 e. The van der Waals surface area contributed by atoms with Crippen LogP contribution in [0.25, 0.3) is 0 Å². The summed E-state index contributed by atoms with van der Waals surface area (Å²) in [5.74, 6) is 0.526. The number of carbonyl (C=O) groups is 1. The largest absolute Gasteiger partial charge is 0.478 e. The van der Waals surface area contributed by atoms with Crippen molar-refractivity contribution in [1.29, 1.82) is 0 Å². The van der Waals surface area contributed by atoms with Gasteiger partial charge in [0.2, 0.25) is 10.0 Å². The molecule has 0 saturated carbocycles. The molecule has 0 N–H and O–H groups in total. The second-order valence-corrected chi connectivity index (χ2v) is 9.70. The van der Waals surface area contributed by atoms with Crippen LogP contribution in [0, 0.1) is 13.8 Å². The highest BCUT2D eigenvalue weighted by atomic mass is 32.2. The third-order valence-electron chi connectivity index (χ3n) is 5.02. The molecule has 2 heterocycles. The molecule has 1 aromatic carbocycles. The molecule has 7 nitrogen and oxygen atoms in total. The summed E-state index contributed by atoms with van der Waals surface area (Å²) in [5.41, 5.74) is 0.968. The molecule has 2 aromatic rings. The van der Waals surface area contributed by atoms with Gasteiger partial charge in [0.15, 0.2) is 5.60 Å². The highest BCUT2D eigenvalue weighted by Gasteiger charge is 2.38. The van der Waals surface area contributed by atoms with E-state index in [1.54, 1.807) is 24.8 Å². The zero-order valence-electron chi connectivity index (χ0n) is 17.3. The third kappa shape index (κ3) is 4.59. The number of rotatable bonds is 5. The first-order valence-corrected chi connectivity index (χ1v) is 11.0. The zero-order valence-corrected chi connectivity index (χ0v) is 18.1. The van der Waals surface area contributed by atoms with Gasteiger partial charge >= 0.3 is 0 Å². The number of nitrogens with zero attached hydrogens (tertiary/aromatic N) is 3. The molecule has 1 fully saturated rings. The first kappa shape index (κ1) is 21.3. The molecule has 1 saturated heterocycles. The fraction of sp³-hybridized carbons (Fsp3) is 0.429. The van der Waals surface area contributed by atoms with Gasteiger partial charge in [-0.1, -0.05) is 12.1 Å². The van der Waals surface area contributed by atoms with Crippen molar-refractivity contribution in [3.8, 4) is 5.75 Å². The number of aryl methyl sites for hydroxylation is 2. The van der Waals surface area contributed by atoms with Crippen LogP contribution in [0.1, 0.15) is 25.0 Å². The number of hydrogen-bond donors (Lipinski definition) is 0. The minimum Gasteiger partial charge on any atom is -0.478 e. The summed E-state index contributed by atoms with van der Waals surface area (Å²) in [6.45, 7) is 8.52. The highest BCUT2D eigenvalue weighted by molar-refractivity contribution is 7.89. The number of ether oxygens (including phenoxy) is 1. The van der Waals surface area contributed by atoms with E-state index in [-0.39, 0.29) is 23.9 Å². The predicted octanol–water partition coefficient (Wildman–Crippen LogP) is 2.39. The Kier molecular flexibility index (Phi) is 5.95. The maximum atomic E-state index is 13.1. The van der Waals surface area contributed by atoms with Gasteiger partial charge in [0.05, 0.1) is 0 Å². The average molecular weight is 418 g/mol. The molecule has 156 valence electrons. The van der Waals surface area contributed by atoms with Crippen LogP contribution in [-0.2, 0) is 14.8 Å². The molecule has 0 radical (unpaired) electrons. The maximum absolute atomic E-state index is 13.1. The van der Waals surface area contributed by atoms with E-state index in [4.69, 9.17) is 4.74 Å². The van der Waals surface area contributed by atoms with Crippen LogP contribution < -0.4 is 4.74 Å². The SMILES string of the molecule is Cc1ccc(C)c(OC(C)(C)C(=O)N2CCN(S(=O)(=O)c3cccnc3)CC2)c1. The van der Waals surface area contributed by atoms with E-state index in [0.29, 0.717) is 18.8 Å². The number of aromatic nitrogens is 1. The fourth-order valence-electron chi connectivity index (χ4n) is 3.30. The minimum atomic E-state index is -3.60. The molecule has 0 atom stereocenters. The molecule has 29 heavy (non-hydrogen) atoms. The molecule has 1 amide bonds. The lowest BCUT2D eigenvalue weighted by atomic mass is 10.1. The molecular weight excluding hydrogens is 390 g/mol. The quantitative estimate of drug-likeness (QED) is 0.746. The van der Waals surface area contributed by atoms with Gasteiger partial charge in [-0.15, -0.1) is 0 Å². The zero-order chi connectivity index (χ0) is 21.2. The summed E-state index contributed by atoms with van der Waals surface area (Å²) < 4.78 is 32.9. The van der Waals surface area contributed by atoms with E-state index in [0.717, 1.165) is 11.1 Å². The Morgan fingerprint density at radius 3 is 2.41 bits per heavy atom. The maximum Gasteiger partial charge on any atom is 0.266 e. The summed E-state index contributed by atoms with van der Waals surface area (Å²) in [4.78, 5) is 18.8. The van der Waals surface area contributed by atoms with Crippen molar-refractivity contribution < 1.29 is 17.9 Å². The predicted molar refractivity (Wildman–Crippen MR) is 110 cm³/mol. The molecule has 3 rings (SSSR count). The van der Waals surface area contributed by atoms with Gasteiger partial charge in [-0.25, -0.2) is 8.42 Å². The van der Waals surface area contributed by atoms with Gasteiger partial charge in [-0.05, 0) is 57.0 Å². The number of carbonyl (C=O) groups excluding carboxylic acids is 1. The molecule has 0 bridgehead atoms. The Morgan fingerprint density at radius 2 is 1.79 bits per heavy atom. The van der Waals surface area contributed by atoms with Crippen molar-refractivity contribution in [2.45, 2.75) is 38.2 Å². The molecule has 1 aliphatic heterocycles. The van der Waals surface area contributed by atoms with E-state index in [9.17, 15) is 13.2 Å². The van der Waals surface area contributed by atoms with Crippen LogP contribution in [0.5, 0.6) is 5.75 Å². The molecule has 8 heteroatoms. The normalized spacial score (nSPS) is 15.9. The number of benzene rings is 1. The molecular formula is C21H27N3O4S. The van der Waals surface area contributed by atoms with Gasteiger partial charge < -0.3 is 9.64 Å². The fourth-order valence-corrected chi connectivity index (χ4v) is 4.68. The lowest BCUT2D eigenvalue weighted by Crippen LogP contribution is -2.56. The van der Waals surface area contributed by atoms with E-state index < -0.39 is 15.6 Å². The van der Waals surface area contributed by atoms with Crippen molar-refractivity contribution in [2.75, 3.05) is 26.2 Å². The van der Waals surface area contributed by atoms with Crippen LogP contribution in [0.2, 0.25) is 0 Å². The summed E-state index contributed by atoms with van der Waals surface area (Å²) in [7, 11) is -3.60. The Hall–Kier alpha value is -2.45. The van der Waals surface area contributed by atoms with Crippen molar-refractivity contribution in [1.82, 2.24) is 14.2 Å². The van der Waals surface area contributed by atoms with Gasteiger partial charge in [-0.2, -0.15) is 4.31 Å². The van der Waals surface area contributed by atoms with E-state index in [2.05, 4.69) is 4.98 Å². The standard InChI is InChI=1S/C21H27N3O4S/c1-16-7-8-17(2)19(14-16)28-21(3,4)20(25)23-10-12-24(13-11-23)29(26,27)18-6-5-9-22-15-18/h5-9,14-15H,10-13H2,1-4H3. The van der Waals surface area contributed by atoms with E-state index in [1.165, 1.54) is 22.8 Å². The second-order valence-electron chi connectivity index (χ2n) is 7.77. The lowest BCUT2D eigenvalue weighted by Gasteiger charge is -2.38. The van der Waals surface area contributed by atoms with Crippen molar-refractivity contribution in [2.24, 2.45) is 0 Å². The van der Waals surface area contributed by atoms with Crippen LogP contribution in [-0.4, -0.2) is 60.3 Å². The molecule has 0 spiro atoms. The van der Waals surface area contributed by atoms with Crippen LogP contribution >= 0.6 is 0 Å². The summed E-state index contributed by atoms with van der Waals surface area (Å²) in [6, 6.07) is 9.01.